The first kappa shape index (κ1) is 13.1. The van der Waals surface area contributed by atoms with Crippen LogP contribution < -0.4 is 10.2 Å². The predicted octanol–water partition coefficient (Wildman–Crippen LogP) is 2.57. The number of pyridine rings is 2. The number of fused-ring (bicyclic) bond motifs is 2. The Bertz CT molecular complexity index is 885. The lowest BCUT2D eigenvalue weighted by molar-refractivity contribution is 0.327. The van der Waals surface area contributed by atoms with E-state index in [1.54, 1.807) is 6.20 Å². The van der Waals surface area contributed by atoms with Crippen LogP contribution in [0.2, 0.25) is 0 Å². The first-order chi connectivity index (χ1) is 10.8. The molecule has 0 saturated heterocycles. The highest BCUT2D eigenvalue weighted by atomic mass is 16.5. The minimum atomic E-state index is 0.0616. The zero-order valence-corrected chi connectivity index (χ0v) is 12.2. The maximum Gasteiger partial charge on any atom is 0.202 e. The number of hydrogen-bond acceptors (Lipinski definition) is 3. The Morgan fingerprint density at radius 2 is 2.00 bits per heavy atom. The predicted molar refractivity (Wildman–Crippen MR) is 85.3 cm³/mol. The van der Waals surface area contributed by atoms with E-state index in [-0.39, 0.29) is 5.43 Å². The van der Waals surface area contributed by atoms with Crippen LogP contribution in [0.5, 0.6) is 5.88 Å². The van der Waals surface area contributed by atoms with Gasteiger partial charge in [0.15, 0.2) is 5.43 Å². The van der Waals surface area contributed by atoms with Gasteiger partial charge in [-0.05, 0) is 24.1 Å². The van der Waals surface area contributed by atoms with E-state index in [2.05, 4.69) is 17.1 Å². The number of aryl methyl sites for hydroxylation is 2. The molecule has 0 spiro atoms. The van der Waals surface area contributed by atoms with E-state index in [4.69, 9.17) is 4.74 Å². The lowest BCUT2D eigenvalue weighted by Crippen LogP contribution is -2.16. The molecule has 0 fully saturated rings. The summed E-state index contributed by atoms with van der Waals surface area (Å²) in [6.07, 6.45) is 3.29. The van der Waals surface area contributed by atoms with Crippen LogP contribution in [-0.2, 0) is 19.4 Å². The van der Waals surface area contributed by atoms with Gasteiger partial charge < -0.3 is 4.74 Å². The summed E-state index contributed by atoms with van der Waals surface area (Å²) in [6.45, 7) is 1.33. The Kier molecular flexibility index (Phi) is 3.15. The van der Waals surface area contributed by atoms with E-state index in [0.717, 1.165) is 18.5 Å². The molecule has 3 heterocycles. The zero-order chi connectivity index (χ0) is 14.9. The molecule has 22 heavy (non-hydrogen) atoms. The molecule has 0 atom stereocenters. The van der Waals surface area contributed by atoms with Crippen molar-refractivity contribution in [2.45, 2.75) is 19.4 Å². The summed E-state index contributed by atoms with van der Waals surface area (Å²) in [5.74, 6) is 0.701. The molecule has 1 aliphatic heterocycles. The topological polar surface area (TPSA) is 44.1 Å². The third-order valence-electron chi connectivity index (χ3n) is 4.12. The van der Waals surface area contributed by atoms with Crippen molar-refractivity contribution in [2.24, 2.45) is 0 Å². The zero-order valence-electron chi connectivity index (χ0n) is 12.2. The van der Waals surface area contributed by atoms with E-state index in [0.29, 0.717) is 29.9 Å². The van der Waals surface area contributed by atoms with E-state index < -0.39 is 0 Å². The number of benzene rings is 1. The van der Waals surface area contributed by atoms with Gasteiger partial charge in [-0.15, -0.1) is 0 Å². The van der Waals surface area contributed by atoms with Crippen molar-refractivity contribution in [3.8, 4) is 5.88 Å². The minimum Gasteiger partial charge on any atom is -0.478 e. The second-order valence-corrected chi connectivity index (χ2v) is 5.47. The highest BCUT2D eigenvalue weighted by Crippen LogP contribution is 2.26. The molecule has 0 N–H and O–H groups in total. The first-order valence-corrected chi connectivity index (χ1v) is 7.52. The molecule has 0 bridgehead atoms. The summed E-state index contributed by atoms with van der Waals surface area (Å²) in [7, 11) is 0. The molecular formula is C18H16N2O2. The molecule has 0 unspecified atom stereocenters. The van der Waals surface area contributed by atoms with Crippen molar-refractivity contribution in [3.63, 3.8) is 0 Å². The second-order valence-electron chi connectivity index (χ2n) is 5.47. The van der Waals surface area contributed by atoms with Crippen molar-refractivity contribution in [1.29, 1.82) is 0 Å². The normalized spacial score (nSPS) is 13.1. The average molecular weight is 292 g/mol. The molecule has 3 aromatic rings. The first-order valence-electron chi connectivity index (χ1n) is 7.52. The summed E-state index contributed by atoms with van der Waals surface area (Å²) in [5.41, 5.74) is 2.82. The van der Waals surface area contributed by atoms with Crippen molar-refractivity contribution in [3.05, 3.63) is 70.0 Å². The third-order valence-corrected chi connectivity index (χ3v) is 4.12. The van der Waals surface area contributed by atoms with Crippen molar-refractivity contribution in [1.82, 2.24) is 9.55 Å². The fourth-order valence-electron chi connectivity index (χ4n) is 3.04. The molecular weight excluding hydrogens is 276 g/mol. The number of nitrogens with zero attached hydrogens (tertiary/aromatic N) is 2. The standard InChI is InChI=1S/C18H16N2O2/c21-16-14-7-4-10-19-17(14)20(18-15(16)9-12-22-18)11-8-13-5-2-1-3-6-13/h1-7,10H,8-9,11-12H2. The van der Waals surface area contributed by atoms with E-state index in [1.807, 2.05) is 34.9 Å². The van der Waals surface area contributed by atoms with Gasteiger partial charge in [0.2, 0.25) is 5.88 Å². The van der Waals surface area contributed by atoms with E-state index in [9.17, 15) is 4.79 Å². The third kappa shape index (κ3) is 2.08. The summed E-state index contributed by atoms with van der Waals surface area (Å²) >= 11 is 0. The monoisotopic (exact) mass is 292 g/mol. The Balaban J connectivity index is 1.83. The molecule has 0 saturated carbocycles. The highest BCUT2D eigenvalue weighted by Gasteiger charge is 2.23. The summed E-state index contributed by atoms with van der Waals surface area (Å²) in [4.78, 5) is 16.9. The van der Waals surface area contributed by atoms with Crippen molar-refractivity contribution in [2.75, 3.05) is 6.61 Å². The van der Waals surface area contributed by atoms with Gasteiger partial charge in [0.05, 0.1) is 17.6 Å². The van der Waals surface area contributed by atoms with Crippen LogP contribution in [0.3, 0.4) is 0 Å². The Labute approximate surface area is 128 Å². The van der Waals surface area contributed by atoms with Gasteiger partial charge in [0.1, 0.15) is 5.65 Å². The highest BCUT2D eigenvalue weighted by molar-refractivity contribution is 5.77. The van der Waals surface area contributed by atoms with Gasteiger partial charge >= 0.3 is 0 Å². The smallest absolute Gasteiger partial charge is 0.202 e. The number of ether oxygens (including phenoxy) is 1. The lowest BCUT2D eigenvalue weighted by atomic mass is 10.1. The van der Waals surface area contributed by atoms with Crippen LogP contribution >= 0.6 is 0 Å². The fourth-order valence-corrected chi connectivity index (χ4v) is 3.04. The Hall–Kier alpha value is -2.62. The molecule has 0 amide bonds. The van der Waals surface area contributed by atoms with Crippen LogP contribution in [0.4, 0.5) is 0 Å². The maximum absolute atomic E-state index is 12.5. The number of rotatable bonds is 3. The SMILES string of the molecule is O=c1c2c(n(CCc3ccccc3)c3ncccc13)OCC2. The van der Waals surface area contributed by atoms with E-state index >= 15 is 0 Å². The van der Waals surface area contributed by atoms with Crippen LogP contribution in [0.15, 0.2) is 53.5 Å². The molecule has 1 aromatic carbocycles. The molecule has 0 aliphatic carbocycles. The molecule has 1 aliphatic rings. The molecule has 4 heteroatoms. The van der Waals surface area contributed by atoms with Gasteiger partial charge in [-0.3, -0.25) is 9.36 Å². The summed E-state index contributed by atoms with van der Waals surface area (Å²) in [5, 5.41) is 0.680. The molecule has 4 rings (SSSR count). The number of hydrogen-bond donors (Lipinski definition) is 0. The molecule has 2 aromatic heterocycles. The van der Waals surface area contributed by atoms with E-state index in [1.165, 1.54) is 5.56 Å². The minimum absolute atomic E-state index is 0.0616. The van der Waals surface area contributed by atoms with Crippen LogP contribution in [0.25, 0.3) is 11.0 Å². The van der Waals surface area contributed by atoms with Crippen LogP contribution in [-0.4, -0.2) is 16.2 Å². The Morgan fingerprint density at radius 3 is 2.86 bits per heavy atom. The van der Waals surface area contributed by atoms with Crippen molar-refractivity contribution >= 4 is 11.0 Å². The Morgan fingerprint density at radius 1 is 1.14 bits per heavy atom. The van der Waals surface area contributed by atoms with Gasteiger partial charge in [0.25, 0.3) is 0 Å². The maximum atomic E-state index is 12.5. The van der Waals surface area contributed by atoms with Gasteiger partial charge in [-0.1, -0.05) is 30.3 Å². The second kappa shape index (κ2) is 5.30. The summed E-state index contributed by atoms with van der Waals surface area (Å²) in [6, 6.07) is 14.0. The lowest BCUT2D eigenvalue weighted by Gasteiger charge is -2.14. The number of aromatic nitrogens is 2. The van der Waals surface area contributed by atoms with Crippen LogP contribution in [0, 0.1) is 0 Å². The quantitative estimate of drug-likeness (QED) is 0.745. The van der Waals surface area contributed by atoms with Crippen molar-refractivity contribution < 1.29 is 4.74 Å². The fraction of sp³-hybridized carbons (Fsp3) is 0.222. The summed E-state index contributed by atoms with van der Waals surface area (Å²) < 4.78 is 7.78. The van der Waals surface area contributed by atoms with Gasteiger partial charge in [0, 0.05) is 19.2 Å². The largest absolute Gasteiger partial charge is 0.478 e. The molecule has 0 radical (unpaired) electrons. The van der Waals surface area contributed by atoms with Gasteiger partial charge in [-0.2, -0.15) is 0 Å². The van der Waals surface area contributed by atoms with Gasteiger partial charge in [-0.25, -0.2) is 4.98 Å². The average Bonchev–Trinajstić information content (AvgIpc) is 3.06. The molecule has 110 valence electrons. The van der Waals surface area contributed by atoms with Crippen LogP contribution in [0.1, 0.15) is 11.1 Å². The molecule has 4 nitrogen and oxygen atoms in total.